The van der Waals surface area contributed by atoms with Crippen molar-refractivity contribution >= 4 is 17.1 Å². The molecule has 3 nitrogen and oxygen atoms in total. The zero-order chi connectivity index (χ0) is 15.2. The van der Waals surface area contributed by atoms with Gasteiger partial charge in [-0.15, -0.1) is 0 Å². The van der Waals surface area contributed by atoms with Crippen LogP contribution in [0.25, 0.3) is 0 Å². The molecule has 0 atom stereocenters. The molecule has 21 heavy (non-hydrogen) atoms. The van der Waals surface area contributed by atoms with E-state index in [1.54, 1.807) is 6.07 Å². The predicted molar refractivity (Wildman–Crippen MR) is 85.7 cm³/mol. The molecule has 0 unspecified atom stereocenters. The number of halogens is 1. The monoisotopic (exact) mass is 288 g/mol. The minimum absolute atomic E-state index is 0.246. The first-order valence-corrected chi connectivity index (χ1v) is 7.21. The van der Waals surface area contributed by atoms with Gasteiger partial charge in [-0.3, -0.25) is 0 Å². The Morgan fingerprint density at radius 1 is 1.10 bits per heavy atom. The summed E-state index contributed by atoms with van der Waals surface area (Å²) in [6, 6.07) is 12.2. The molecule has 0 saturated heterocycles. The van der Waals surface area contributed by atoms with Gasteiger partial charge in [0.1, 0.15) is 11.6 Å². The van der Waals surface area contributed by atoms with Crippen LogP contribution in [0.1, 0.15) is 20.3 Å². The molecule has 0 spiro atoms. The summed E-state index contributed by atoms with van der Waals surface area (Å²) in [4.78, 5) is 2.02. The Balaban J connectivity index is 2.34. The van der Waals surface area contributed by atoms with Gasteiger partial charge in [0.2, 0.25) is 0 Å². The van der Waals surface area contributed by atoms with Crippen molar-refractivity contribution in [2.45, 2.75) is 20.3 Å². The van der Waals surface area contributed by atoms with Gasteiger partial charge in [-0.2, -0.15) is 0 Å². The highest BCUT2D eigenvalue weighted by Gasteiger charge is 2.10. The first-order valence-electron chi connectivity index (χ1n) is 7.21. The van der Waals surface area contributed by atoms with Crippen LogP contribution in [0.15, 0.2) is 42.5 Å². The average molecular weight is 288 g/mol. The second kappa shape index (κ2) is 6.97. The number of nitrogen functional groups attached to an aromatic ring is 1. The first kappa shape index (κ1) is 15.2. The second-order valence-corrected chi connectivity index (χ2v) is 4.79. The fourth-order valence-corrected chi connectivity index (χ4v) is 2.19. The molecule has 0 saturated carbocycles. The van der Waals surface area contributed by atoms with E-state index in [9.17, 15) is 4.39 Å². The van der Waals surface area contributed by atoms with Crippen LogP contribution in [0.5, 0.6) is 5.75 Å². The van der Waals surface area contributed by atoms with Crippen LogP contribution in [0.2, 0.25) is 0 Å². The summed E-state index contributed by atoms with van der Waals surface area (Å²) in [6.45, 7) is 5.42. The van der Waals surface area contributed by atoms with Crippen molar-refractivity contribution in [1.82, 2.24) is 0 Å². The van der Waals surface area contributed by atoms with E-state index >= 15 is 0 Å². The van der Waals surface area contributed by atoms with Crippen molar-refractivity contribution < 1.29 is 9.13 Å². The number of benzene rings is 2. The van der Waals surface area contributed by atoms with Crippen LogP contribution in [-0.4, -0.2) is 13.2 Å². The van der Waals surface area contributed by atoms with Crippen molar-refractivity contribution in [3.8, 4) is 5.75 Å². The molecule has 0 aliphatic carbocycles. The topological polar surface area (TPSA) is 38.5 Å². The van der Waals surface area contributed by atoms with E-state index in [4.69, 9.17) is 10.5 Å². The van der Waals surface area contributed by atoms with Crippen molar-refractivity contribution in [3.05, 3.63) is 48.3 Å². The summed E-state index contributed by atoms with van der Waals surface area (Å²) in [5, 5.41) is 0. The molecule has 4 heteroatoms. The molecule has 0 aliphatic rings. The molecule has 0 aromatic heterocycles. The number of nitrogens with zero attached hydrogens (tertiary/aromatic N) is 1. The van der Waals surface area contributed by atoms with Crippen LogP contribution in [-0.2, 0) is 0 Å². The maximum Gasteiger partial charge on any atom is 0.144 e. The standard InChI is InChI=1S/C17H21FN2O/c1-3-10-21-17-12-15(8-9-16(17)19)20(4-2)14-7-5-6-13(18)11-14/h5-9,11-12H,3-4,10,19H2,1-2H3. The lowest BCUT2D eigenvalue weighted by atomic mass is 10.2. The number of nitrogens with two attached hydrogens (primary N) is 1. The highest BCUT2D eigenvalue weighted by atomic mass is 19.1. The lowest BCUT2D eigenvalue weighted by molar-refractivity contribution is 0.319. The Kier molecular flexibility index (Phi) is 5.04. The van der Waals surface area contributed by atoms with Crippen LogP contribution in [0, 0.1) is 5.82 Å². The van der Waals surface area contributed by atoms with Gasteiger partial charge in [-0.1, -0.05) is 13.0 Å². The average Bonchev–Trinajstić information content (AvgIpc) is 2.48. The van der Waals surface area contributed by atoms with E-state index < -0.39 is 0 Å². The lowest BCUT2D eigenvalue weighted by Crippen LogP contribution is -2.16. The van der Waals surface area contributed by atoms with E-state index in [0.717, 1.165) is 24.3 Å². The molecule has 0 radical (unpaired) electrons. The van der Waals surface area contributed by atoms with Crippen molar-refractivity contribution in [2.75, 3.05) is 23.8 Å². The Labute approximate surface area is 125 Å². The zero-order valence-corrected chi connectivity index (χ0v) is 12.5. The fourth-order valence-electron chi connectivity index (χ4n) is 2.19. The maximum atomic E-state index is 13.4. The normalized spacial score (nSPS) is 10.4. The van der Waals surface area contributed by atoms with Crippen molar-refractivity contribution in [2.24, 2.45) is 0 Å². The van der Waals surface area contributed by atoms with E-state index in [1.165, 1.54) is 12.1 Å². The predicted octanol–water partition coefficient (Wildman–Crippen LogP) is 4.35. The molecule has 0 aliphatic heterocycles. The second-order valence-electron chi connectivity index (χ2n) is 4.79. The van der Waals surface area contributed by atoms with Crippen LogP contribution in [0.3, 0.4) is 0 Å². The maximum absolute atomic E-state index is 13.4. The number of hydrogen-bond donors (Lipinski definition) is 1. The Morgan fingerprint density at radius 2 is 1.86 bits per heavy atom. The molecule has 0 bridgehead atoms. The van der Waals surface area contributed by atoms with E-state index in [2.05, 4.69) is 0 Å². The first-order chi connectivity index (χ1) is 10.2. The Morgan fingerprint density at radius 3 is 2.52 bits per heavy atom. The van der Waals surface area contributed by atoms with Gasteiger partial charge >= 0.3 is 0 Å². The number of anilines is 3. The minimum atomic E-state index is -0.246. The SMILES string of the molecule is CCCOc1cc(N(CC)c2cccc(F)c2)ccc1N. The molecule has 2 rings (SSSR count). The van der Waals surface area contributed by atoms with Crippen LogP contribution >= 0.6 is 0 Å². The van der Waals surface area contributed by atoms with Gasteiger partial charge in [-0.25, -0.2) is 4.39 Å². The minimum Gasteiger partial charge on any atom is -0.491 e. The highest BCUT2D eigenvalue weighted by Crippen LogP contribution is 2.32. The Bertz CT molecular complexity index is 601. The molecule has 0 heterocycles. The summed E-state index contributed by atoms with van der Waals surface area (Å²) in [5.74, 6) is 0.424. The zero-order valence-electron chi connectivity index (χ0n) is 12.5. The van der Waals surface area contributed by atoms with Crippen molar-refractivity contribution in [1.29, 1.82) is 0 Å². The van der Waals surface area contributed by atoms with Crippen LogP contribution < -0.4 is 15.4 Å². The number of hydrogen-bond acceptors (Lipinski definition) is 3. The summed E-state index contributed by atoms with van der Waals surface area (Å²) in [6.07, 6.45) is 0.922. The summed E-state index contributed by atoms with van der Waals surface area (Å²) in [7, 11) is 0. The summed E-state index contributed by atoms with van der Waals surface area (Å²) >= 11 is 0. The highest BCUT2D eigenvalue weighted by molar-refractivity contribution is 5.69. The van der Waals surface area contributed by atoms with Gasteiger partial charge in [-0.05, 0) is 43.7 Å². The molecular formula is C17H21FN2O. The summed E-state index contributed by atoms with van der Waals surface area (Å²) < 4.78 is 19.1. The molecule has 2 aromatic rings. The third-order valence-corrected chi connectivity index (χ3v) is 3.21. The van der Waals surface area contributed by atoms with Gasteiger partial charge in [0.05, 0.1) is 12.3 Å². The van der Waals surface area contributed by atoms with Gasteiger partial charge < -0.3 is 15.4 Å². The van der Waals surface area contributed by atoms with E-state index in [-0.39, 0.29) is 5.82 Å². The Hall–Kier alpha value is -2.23. The molecule has 0 fully saturated rings. The van der Waals surface area contributed by atoms with Gasteiger partial charge in [0.15, 0.2) is 0 Å². The third-order valence-electron chi connectivity index (χ3n) is 3.21. The smallest absolute Gasteiger partial charge is 0.144 e. The number of ether oxygens (including phenoxy) is 1. The van der Waals surface area contributed by atoms with E-state index in [1.807, 2.05) is 43.0 Å². The molecular weight excluding hydrogens is 267 g/mol. The lowest BCUT2D eigenvalue weighted by Gasteiger charge is -2.24. The molecule has 2 N–H and O–H groups in total. The van der Waals surface area contributed by atoms with E-state index in [0.29, 0.717) is 18.0 Å². The number of rotatable bonds is 6. The third kappa shape index (κ3) is 3.66. The largest absolute Gasteiger partial charge is 0.491 e. The molecule has 0 amide bonds. The van der Waals surface area contributed by atoms with Crippen LogP contribution in [0.4, 0.5) is 21.5 Å². The molecule has 112 valence electrons. The van der Waals surface area contributed by atoms with Gasteiger partial charge in [0, 0.05) is 24.0 Å². The fraction of sp³-hybridized carbons (Fsp3) is 0.294. The molecule has 2 aromatic carbocycles. The van der Waals surface area contributed by atoms with Gasteiger partial charge in [0.25, 0.3) is 0 Å². The quantitative estimate of drug-likeness (QED) is 0.803. The van der Waals surface area contributed by atoms with Crippen molar-refractivity contribution in [3.63, 3.8) is 0 Å². The summed E-state index contributed by atoms with van der Waals surface area (Å²) in [5.41, 5.74) is 8.29.